The van der Waals surface area contributed by atoms with E-state index < -0.39 is 17.6 Å². The molecule has 0 unspecified atom stereocenters. The van der Waals surface area contributed by atoms with Gasteiger partial charge in [0.05, 0.1) is 27.8 Å². The Hall–Kier alpha value is -3.09. The molecule has 1 heterocycles. The SMILES string of the molecule is CCOc1ccc(C2=C(Sc3ccccc3)C(=O)N(c3ccc(F)c(Cl)c3)C2=O)cc1. The number of anilines is 1. The summed E-state index contributed by atoms with van der Waals surface area (Å²) in [5, 5.41) is -0.162. The molecule has 1 aliphatic rings. The first-order chi connectivity index (χ1) is 15.0. The molecule has 156 valence electrons. The van der Waals surface area contributed by atoms with Crippen molar-refractivity contribution in [2.45, 2.75) is 11.8 Å². The number of ether oxygens (including phenoxy) is 1. The number of rotatable bonds is 6. The number of amides is 2. The predicted octanol–water partition coefficient (Wildman–Crippen LogP) is 5.95. The van der Waals surface area contributed by atoms with Crippen LogP contribution in [0.5, 0.6) is 5.75 Å². The molecule has 0 aliphatic carbocycles. The van der Waals surface area contributed by atoms with Gasteiger partial charge in [-0.1, -0.05) is 53.7 Å². The topological polar surface area (TPSA) is 46.6 Å². The molecule has 0 saturated heterocycles. The van der Waals surface area contributed by atoms with Gasteiger partial charge in [0.2, 0.25) is 0 Å². The number of imide groups is 1. The molecule has 0 atom stereocenters. The summed E-state index contributed by atoms with van der Waals surface area (Å²) in [6.07, 6.45) is 0. The first-order valence-electron chi connectivity index (χ1n) is 9.54. The molecule has 0 spiro atoms. The second kappa shape index (κ2) is 8.96. The van der Waals surface area contributed by atoms with E-state index >= 15 is 0 Å². The van der Waals surface area contributed by atoms with Crippen LogP contribution in [-0.4, -0.2) is 18.4 Å². The molecule has 0 radical (unpaired) electrons. The molecule has 0 fully saturated rings. The summed E-state index contributed by atoms with van der Waals surface area (Å²) in [4.78, 5) is 28.9. The van der Waals surface area contributed by atoms with Crippen molar-refractivity contribution in [3.63, 3.8) is 0 Å². The third-order valence-electron chi connectivity index (χ3n) is 4.62. The van der Waals surface area contributed by atoms with E-state index in [1.54, 1.807) is 24.3 Å². The maximum atomic E-state index is 13.6. The molecule has 0 aromatic heterocycles. The number of hydrogen-bond acceptors (Lipinski definition) is 4. The fraction of sp³-hybridized carbons (Fsp3) is 0.0833. The van der Waals surface area contributed by atoms with Gasteiger partial charge in [-0.3, -0.25) is 9.59 Å². The number of thioether (sulfide) groups is 1. The van der Waals surface area contributed by atoms with Crippen molar-refractivity contribution in [1.82, 2.24) is 0 Å². The van der Waals surface area contributed by atoms with Crippen LogP contribution in [0.1, 0.15) is 12.5 Å². The highest BCUT2D eigenvalue weighted by Gasteiger charge is 2.40. The van der Waals surface area contributed by atoms with Gasteiger partial charge in [-0.05, 0) is 55.0 Å². The Kier molecular flexibility index (Phi) is 6.11. The Bertz CT molecular complexity index is 1180. The molecule has 0 N–H and O–H groups in total. The number of nitrogens with zero attached hydrogens (tertiary/aromatic N) is 1. The first kappa shape index (κ1) is 21.2. The van der Waals surface area contributed by atoms with Crippen LogP contribution in [0.25, 0.3) is 5.57 Å². The standard InChI is InChI=1S/C24H17ClFNO3S/c1-2-30-17-11-8-15(9-12-17)21-22(31-18-6-4-3-5-7-18)24(29)27(23(21)28)16-10-13-20(26)19(25)14-16/h3-14H,2H2,1H3. The van der Waals surface area contributed by atoms with Gasteiger partial charge in [-0.25, -0.2) is 9.29 Å². The average Bonchev–Trinajstić information content (AvgIpc) is 3.01. The van der Waals surface area contributed by atoms with Crippen molar-refractivity contribution in [3.8, 4) is 5.75 Å². The minimum atomic E-state index is -0.622. The minimum absolute atomic E-state index is 0.162. The van der Waals surface area contributed by atoms with Crippen LogP contribution in [-0.2, 0) is 9.59 Å². The lowest BCUT2D eigenvalue weighted by Gasteiger charge is -2.15. The molecule has 31 heavy (non-hydrogen) atoms. The summed E-state index contributed by atoms with van der Waals surface area (Å²) < 4.78 is 19.1. The van der Waals surface area contributed by atoms with Gasteiger partial charge in [0.15, 0.2) is 0 Å². The Morgan fingerprint density at radius 1 is 0.968 bits per heavy atom. The highest BCUT2D eigenvalue weighted by molar-refractivity contribution is 8.04. The number of hydrogen-bond donors (Lipinski definition) is 0. The van der Waals surface area contributed by atoms with Crippen LogP contribution >= 0.6 is 23.4 Å². The predicted molar refractivity (Wildman–Crippen MR) is 121 cm³/mol. The number of halogens is 2. The van der Waals surface area contributed by atoms with Crippen LogP contribution in [0.15, 0.2) is 82.6 Å². The Labute approximate surface area is 188 Å². The van der Waals surface area contributed by atoms with E-state index in [-0.39, 0.29) is 16.3 Å². The Morgan fingerprint density at radius 3 is 2.32 bits per heavy atom. The summed E-state index contributed by atoms with van der Waals surface area (Å²) in [6.45, 7) is 2.41. The number of benzene rings is 3. The van der Waals surface area contributed by atoms with E-state index in [0.717, 1.165) is 15.9 Å². The lowest BCUT2D eigenvalue weighted by molar-refractivity contribution is -0.119. The van der Waals surface area contributed by atoms with Crippen LogP contribution < -0.4 is 9.64 Å². The molecule has 7 heteroatoms. The quantitative estimate of drug-likeness (QED) is 0.432. The number of carbonyl (C=O) groups is 2. The maximum Gasteiger partial charge on any atom is 0.272 e. The lowest BCUT2D eigenvalue weighted by Crippen LogP contribution is -2.31. The summed E-state index contributed by atoms with van der Waals surface area (Å²) >= 11 is 7.11. The van der Waals surface area contributed by atoms with E-state index in [1.165, 1.54) is 23.9 Å². The van der Waals surface area contributed by atoms with Crippen LogP contribution in [0, 0.1) is 5.82 Å². The zero-order valence-electron chi connectivity index (χ0n) is 16.5. The second-order valence-electron chi connectivity index (χ2n) is 6.62. The molecule has 3 aromatic carbocycles. The van der Waals surface area contributed by atoms with Crippen LogP contribution in [0.2, 0.25) is 5.02 Å². The molecule has 4 rings (SSSR count). The van der Waals surface area contributed by atoms with E-state index in [2.05, 4.69) is 0 Å². The summed E-state index contributed by atoms with van der Waals surface area (Å²) in [5.74, 6) is -0.924. The van der Waals surface area contributed by atoms with Gasteiger partial charge >= 0.3 is 0 Å². The van der Waals surface area contributed by atoms with Gasteiger partial charge < -0.3 is 4.74 Å². The zero-order valence-corrected chi connectivity index (χ0v) is 18.0. The van der Waals surface area contributed by atoms with Crippen molar-refractivity contribution in [2.75, 3.05) is 11.5 Å². The van der Waals surface area contributed by atoms with Gasteiger partial charge in [0, 0.05) is 4.90 Å². The van der Waals surface area contributed by atoms with E-state index in [4.69, 9.17) is 16.3 Å². The van der Waals surface area contributed by atoms with Crippen molar-refractivity contribution < 1.29 is 18.7 Å². The van der Waals surface area contributed by atoms with E-state index in [1.807, 2.05) is 37.3 Å². The molecule has 4 nitrogen and oxygen atoms in total. The first-order valence-corrected chi connectivity index (χ1v) is 10.7. The minimum Gasteiger partial charge on any atom is -0.494 e. The van der Waals surface area contributed by atoms with Gasteiger partial charge in [-0.2, -0.15) is 0 Å². The van der Waals surface area contributed by atoms with E-state index in [0.29, 0.717) is 22.8 Å². The zero-order chi connectivity index (χ0) is 22.0. The number of carbonyl (C=O) groups excluding carboxylic acids is 2. The maximum absolute atomic E-state index is 13.6. The highest BCUT2D eigenvalue weighted by Crippen LogP contribution is 2.42. The van der Waals surface area contributed by atoms with Crippen LogP contribution in [0.3, 0.4) is 0 Å². The third-order valence-corrected chi connectivity index (χ3v) is 6.00. The highest BCUT2D eigenvalue weighted by atomic mass is 35.5. The molecule has 0 bridgehead atoms. The Balaban J connectivity index is 1.79. The Morgan fingerprint density at radius 2 is 1.68 bits per heavy atom. The molecule has 0 saturated carbocycles. The monoisotopic (exact) mass is 453 g/mol. The van der Waals surface area contributed by atoms with Gasteiger partial charge in [0.25, 0.3) is 11.8 Å². The van der Waals surface area contributed by atoms with Crippen molar-refractivity contribution in [2.24, 2.45) is 0 Å². The summed E-state index contributed by atoms with van der Waals surface area (Å²) in [6, 6.07) is 20.1. The summed E-state index contributed by atoms with van der Waals surface area (Å²) in [5.41, 5.74) is 1.09. The van der Waals surface area contributed by atoms with Gasteiger partial charge in [-0.15, -0.1) is 0 Å². The second-order valence-corrected chi connectivity index (χ2v) is 8.11. The van der Waals surface area contributed by atoms with Crippen molar-refractivity contribution >= 4 is 46.4 Å². The summed E-state index contributed by atoms with van der Waals surface area (Å²) in [7, 11) is 0. The van der Waals surface area contributed by atoms with Crippen LogP contribution in [0.4, 0.5) is 10.1 Å². The van der Waals surface area contributed by atoms with Crippen molar-refractivity contribution in [1.29, 1.82) is 0 Å². The smallest absolute Gasteiger partial charge is 0.272 e. The normalized spacial score (nSPS) is 13.8. The molecular formula is C24H17ClFNO3S. The third kappa shape index (κ3) is 4.22. The largest absolute Gasteiger partial charge is 0.494 e. The molecule has 3 aromatic rings. The van der Waals surface area contributed by atoms with Crippen molar-refractivity contribution in [3.05, 3.63) is 94.1 Å². The lowest BCUT2D eigenvalue weighted by atomic mass is 10.1. The average molecular weight is 454 g/mol. The fourth-order valence-electron chi connectivity index (χ4n) is 3.21. The molecular weight excluding hydrogens is 437 g/mol. The molecule has 2 amide bonds. The fourth-order valence-corrected chi connectivity index (χ4v) is 4.40. The van der Waals surface area contributed by atoms with E-state index in [9.17, 15) is 14.0 Å². The molecule has 1 aliphatic heterocycles. The van der Waals surface area contributed by atoms with Gasteiger partial charge in [0.1, 0.15) is 11.6 Å².